The van der Waals surface area contributed by atoms with Crippen LogP contribution >= 0.6 is 12.2 Å². The summed E-state index contributed by atoms with van der Waals surface area (Å²) in [7, 11) is 0. The molecular formula is C29H38O3S. The number of phenolic OH excluding ortho intramolecular Hbond substituents is 1. The summed E-state index contributed by atoms with van der Waals surface area (Å²) in [5, 5.41) is 9.49. The van der Waals surface area contributed by atoms with Gasteiger partial charge in [0.05, 0.1) is 6.61 Å². The second-order valence-electron chi connectivity index (χ2n) is 10.4. The Morgan fingerprint density at radius 2 is 1.73 bits per heavy atom. The van der Waals surface area contributed by atoms with E-state index in [0.29, 0.717) is 30.6 Å². The van der Waals surface area contributed by atoms with E-state index in [2.05, 4.69) is 45.9 Å². The molecule has 1 fully saturated rings. The van der Waals surface area contributed by atoms with Crippen LogP contribution in [0.15, 0.2) is 42.5 Å². The summed E-state index contributed by atoms with van der Waals surface area (Å²) in [6, 6.07) is 13.5. The minimum Gasteiger partial charge on any atom is -0.508 e. The van der Waals surface area contributed by atoms with E-state index in [0.717, 1.165) is 60.3 Å². The molecule has 0 atom stereocenters. The number of Topliss-reactive ketones (excluding diaryl/α,β-unsaturated/α-hetero) is 1. The number of phenols is 1. The fourth-order valence-electron chi connectivity index (χ4n) is 4.73. The lowest BCUT2D eigenvalue weighted by molar-refractivity contribution is -0.128. The van der Waals surface area contributed by atoms with Gasteiger partial charge in [0, 0.05) is 16.7 Å². The smallest absolute Gasteiger partial charge is 0.138 e. The third kappa shape index (κ3) is 7.14. The molecule has 4 heteroatoms. The van der Waals surface area contributed by atoms with Crippen LogP contribution in [0.1, 0.15) is 75.5 Å². The van der Waals surface area contributed by atoms with Gasteiger partial charge in [0.15, 0.2) is 0 Å². The first-order chi connectivity index (χ1) is 15.7. The maximum Gasteiger partial charge on any atom is 0.138 e. The molecule has 0 unspecified atom stereocenters. The van der Waals surface area contributed by atoms with Crippen molar-refractivity contribution in [3.05, 3.63) is 59.2 Å². The predicted molar refractivity (Wildman–Crippen MR) is 139 cm³/mol. The second-order valence-corrected chi connectivity index (χ2v) is 10.8. The van der Waals surface area contributed by atoms with Gasteiger partial charge in [-0.05, 0) is 99.1 Å². The highest BCUT2D eigenvalue weighted by molar-refractivity contribution is 7.80. The molecule has 0 bridgehead atoms. The van der Waals surface area contributed by atoms with E-state index in [1.807, 2.05) is 12.1 Å². The van der Waals surface area contributed by atoms with E-state index in [9.17, 15) is 9.90 Å². The van der Waals surface area contributed by atoms with Gasteiger partial charge in [0.2, 0.25) is 0 Å². The number of aryl methyl sites for hydroxylation is 2. The van der Waals surface area contributed by atoms with Gasteiger partial charge in [-0.15, -0.1) is 0 Å². The number of rotatable bonds is 10. The van der Waals surface area contributed by atoms with Crippen molar-refractivity contribution >= 4 is 22.9 Å². The van der Waals surface area contributed by atoms with Gasteiger partial charge < -0.3 is 9.84 Å². The maximum atomic E-state index is 13.1. The van der Waals surface area contributed by atoms with E-state index in [1.165, 1.54) is 5.56 Å². The first-order valence-corrected chi connectivity index (χ1v) is 12.6. The molecule has 178 valence electrons. The average Bonchev–Trinajstić information content (AvgIpc) is 2.79. The Morgan fingerprint density at radius 1 is 1.06 bits per heavy atom. The van der Waals surface area contributed by atoms with Crippen LogP contribution in [0, 0.1) is 31.1 Å². The lowest BCUT2D eigenvalue weighted by Gasteiger charge is -2.31. The molecule has 0 aliphatic heterocycles. The van der Waals surface area contributed by atoms with Gasteiger partial charge in [0.25, 0.3) is 0 Å². The van der Waals surface area contributed by atoms with Crippen LogP contribution < -0.4 is 4.74 Å². The standard InChI is InChI=1S/C29H38O3S/c1-20-6-7-21(2)26(18-20)32-17-5-16-29(3,4)27(31)19-22-8-10-23(11-9-22)28(33)24-12-14-25(30)15-13-24/h6-7,12-15,18,22-23,30H,5,8-11,16-17,19H2,1-4H3. The summed E-state index contributed by atoms with van der Waals surface area (Å²) in [6.07, 6.45) is 6.59. The molecular weight excluding hydrogens is 428 g/mol. The Labute approximate surface area is 204 Å². The van der Waals surface area contributed by atoms with Crippen molar-refractivity contribution < 1.29 is 14.6 Å². The monoisotopic (exact) mass is 466 g/mol. The van der Waals surface area contributed by atoms with Crippen molar-refractivity contribution in [2.75, 3.05) is 6.61 Å². The number of ether oxygens (including phenoxy) is 1. The Bertz CT molecular complexity index is 953. The number of aromatic hydroxyl groups is 1. The lowest BCUT2D eigenvalue weighted by Crippen LogP contribution is -2.29. The topological polar surface area (TPSA) is 46.5 Å². The predicted octanol–water partition coefficient (Wildman–Crippen LogP) is 7.38. The first-order valence-electron chi connectivity index (χ1n) is 12.2. The summed E-state index contributed by atoms with van der Waals surface area (Å²) in [5.74, 6) is 2.44. The minimum absolute atomic E-state index is 0.267. The number of carbonyl (C=O) groups is 1. The average molecular weight is 467 g/mol. The van der Waals surface area contributed by atoms with Gasteiger partial charge in [-0.25, -0.2) is 0 Å². The van der Waals surface area contributed by atoms with Gasteiger partial charge in [-0.2, -0.15) is 0 Å². The zero-order valence-electron chi connectivity index (χ0n) is 20.5. The zero-order valence-corrected chi connectivity index (χ0v) is 21.3. The number of thiocarbonyl (C=S) groups is 1. The van der Waals surface area contributed by atoms with Crippen molar-refractivity contribution in [3.63, 3.8) is 0 Å². The highest BCUT2D eigenvalue weighted by atomic mass is 32.1. The van der Waals surface area contributed by atoms with Crippen molar-refractivity contribution in [2.45, 2.75) is 72.6 Å². The van der Waals surface area contributed by atoms with E-state index in [1.54, 1.807) is 12.1 Å². The number of hydrogen-bond acceptors (Lipinski definition) is 4. The Morgan fingerprint density at radius 3 is 2.39 bits per heavy atom. The molecule has 0 saturated heterocycles. The molecule has 33 heavy (non-hydrogen) atoms. The van der Waals surface area contributed by atoms with Gasteiger partial charge in [-0.3, -0.25) is 4.79 Å². The number of ketones is 1. The highest BCUT2D eigenvalue weighted by Crippen LogP contribution is 2.36. The molecule has 3 nitrogen and oxygen atoms in total. The molecule has 0 heterocycles. The van der Waals surface area contributed by atoms with Crippen LogP contribution in [0.5, 0.6) is 11.5 Å². The highest BCUT2D eigenvalue weighted by Gasteiger charge is 2.31. The zero-order chi connectivity index (χ0) is 24.0. The molecule has 0 spiro atoms. The van der Waals surface area contributed by atoms with Crippen molar-refractivity contribution in [3.8, 4) is 11.5 Å². The molecule has 0 aromatic heterocycles. The maximum absolute atomic E-state index is 13.1. The molecule has 3 rings (SSSR count). The molecule has 2 aromatic rings. The SMILES string of the molecule is Cc1ccc(C)c(OCCCC(C)(C)C(=O)CC2CCC(C(=S)c3ccc(O)cc3)CC2)c1. The molecule has 1 N–H and O–H groups in total. The summed E-state index contributed by atoms with van der Waals surface area (Å²) in [6.45, 7) is 8.94. The summed E-state index contributed by atoms with van der Waals surface area (Å²) in [5.41, 5.74) is 3.07. The van der Waals surface area contributed by atoms with Crippen LogP contribution in [0.25, 0.3) is 0 Å². The number of benzene rings is 2. The van der Waals surface area contributed by atoms with Crippen LogP contribution in [-0.2, 0) is 4.79 Å². The van der Waals surface area contributed by atoms with Crippen LogP contribution in [0.3, 0.4) is 0 Å². The quantitative estimate of drug-likeness (QED) is 0.225. The van der Waals surface area contributed by atoms with E-state index in [4.69, 9.17) is 17.0 Å². The third-order valence-corrected chi connectivity index (χ3v) is 7.71. The molecule has 1 saturated carbocycles. The summed E-state index contributed by atoms with van der Waals surface area (Å²) in [4.78, 5) is 14.1. The largest absolute Gasteiger partial charge is 0.508 e. The van der Waals surface area contributed by atoms with Crippen LogP contribution in [-0.4, -0.2) is 22.4 Å². The van der Waals surface area contributed by atoms with Gasteiger partial charge in [-0.1, -0.05) is 50.3 Å². The molecule has 1 aliphatic rings. The van der Waals surface area contributed by atoms with Crippen LogP contribution in [0.2, 0.25) is 0 Å². The summed E-state index contributed by atoms with van der Waals surface area (Å²) < 4.78 is 5.98. The normalized spacial score (nSPS) is 18.7. The Kier molecular flexibility index (Phi) is 8.69. The van der Waals surface area contributed by atoms with Crippen molar-refractivity contribution in [2.24, 2.45) is 17.3 Å². The minimum atomic E-state index is -0.316. The third-order valence-electron chi connectivity index (χ3n) is 7.15. The number of hydrogen-bond donors (Lipinski definition) is 1. The van der Waals surface area contributed by atoms with E-state index in [-0.39, 0.29) is 11.2 Å². The molecule has 1 aliphatic carbocycles. The fourth-order valence-corrected chi connectivity index (χ4v) is 5.10. The molecule has 2 aromatic carbocycles. The Hall–Kier alpha value is -2.20. The first kappa shape index (κ1) is 25.4. The fraction of sp³-hybridized carbons (Fsp3) is 0.517. The van der Waals surface area contributed by atoms with E-state index >= 15 is 0 Å². The van der Waals surface area contributed by atoms with Crippen molar-refractivity contribution in [1.29, 1.82) is 0 Å². The van der Waals surface area contributed by atoms with Gasteiger partial charge in [0.1, 0.15) is 17.3 Å². The number of carbonyl (C=O) groups excluding carboxylic acids is 1. The van der Waals surface area contributed by atoms with Crippen molar-refractivity contribution in [1.82, 2.24) is 0 Å². The second kappa shape index (κ2) is 11.3. The molecule has 0 amide bonds. The Balaban J connectivity index is 1.41. The molecule has 0 radical (unpaired) electrons. The lowest BCUT2D eigenvalue weighted by atomic mass is 9.73. The van der Waals surface area contributed by atoms with E-state index < -0.39 is 0 Å². The summed E-state index contributed by atoms with van der Waals surface area (Å²) >= 11 is 5.72. The van der Waals surface area contributed by atoms with Crippen LogP contribution in [0.4, 0.5) is 0 Å². The van der Waals surface area contributed by atoms with Gasteiger partial charge >= 0.3 is 0 Å².